The molecule has 1 aliphatic carbocycles. The third-order valence-electron chi connectivity index (χ3n) is 1.64. The fourth-order valence-corrected chi connectivity index (χ4v) is 0.788. The second-order valence-electron chi connectivity index (χ2n) is 2.79. The molecule has 0 saturated heterocycles. The Morgan fingerprint density at radius 1 is 1.44 bits per heavy atom. The van der Waals surface area contributed by atoms with Gasteiger partial charge in [0, 0.05) is 12.1 Å². The number of nitrogens with zero attached hydrogens (tertiary/aromatic N) is 1. The second kappa shape index (κ2) is 2.22. The molecule has 0 bridgehead atoms. The molecule has 0 amide bonds. The summed E-state index contributed by atoms with van der Waals surface area (Å²) in [5.74, 6) is 5.43. The van der Waals surface area contributed by atoms with Crippen LogP contribution >= 0.6 is 0 Å². The SMILES string of the molecule is NCN(N)CC1(N)CC1. The molecule has 0 spiro atoms. The van der Waals surface area contributed by atoms with Gasteiger partial charge in [-0.1, -0.05) is 0 Å². The van der Waals surface area contributed by atoms with Crippen LogP contribution in [0.25, 0.3) is 0 Å². The first-order chi connectivity index (χ1) is 4.16. The number of rotatable bonds is 3. The standard InChI is InChI=1S/C5H14N4/c6-4-9(8)3-5(7)1-2-5/h1-4,6-8H2. The average molecular weight is 130 g/mol. The molecule has 0 aromatic heterocycles. The zero-order valence-electron chi connectivity index (χ0n) is 5.51. The summed E-state index contributed by atoms with van der Waals surface area (Å²) < 4.78 is 0. The van der Waals surface area contributed by atoms with Gasteiger partial charge in [0.2, 0.25) is 0 Å². The number of hydrogen-bond donors (Lipinski definition) is 3. The van der Waals surface area contributed by atoms with E-state index in [1.807, 2.05) is 0 Å². The summed E-state index contributed by atoms with van der Waals surface area (Å²) in [6.45, 7) is 1.11. The Bertz CT molecular complexity index is 99.1. The van der Waals surface area contributed by atoms with Gasteiger partial charge in [-0.15, -0.1) is 0 Å². The van der Waals surface area contributed by atoms with Gasteiger partial charge in [-0.2, -0.15) is 0 Å². The highest BCUT2D eigenvalue weighted by atomic mass is 15.4. The highest BCUT2D eigenvalue weighted by Crippen LogP contribution is 2.31. The highest BCUT2D eigenvalue weighted by molar-refractivity contribution is 5.00. The summed E-state index contributed by atoms with van der Waals surface area (Å²) in [5, 5.41) is 1.55. The van der Waals surface area contributed by atoms with E-state index < -0.39 is 0 Å². The first-order valence-corrected chi connectivity index (χ1v) is 3.15. The van der Waals surface area contributed by atoms with Crippen LogP contribution in [0.4, 0.5) is 0 Å². The monoisotopic (exact) mass is 130 g/mol. The number of hydrazine groups is 1. The van der Waals surface area contributed by atoms with E-state index in [9.17, 15) is 0 Å². The summed E-state index contributed by atoms with van der Waals surface area (Å²) in [4.78, 5) is 0. The van der Waals surface area contributed by atoms with Crippen molar-refractivity contribution in [2.75, 3.05) is 13.2 Å². The molecule has 0 aromatic carbocycles. The molecule has 0 radical (unpaired) electrons. The van der Waals surface area contributed by atoms with E-state index in [2.05, 4.69) is 0 Å². The van der Waals surface area contributed by atoms with E-state index in [-0.39, 0.29) is 5.54 Å². The Hall–Kier alpha value is -0.160. The summed E-state index contributed by atoms with van der Waals surface area (Å²) in [5.41, 5.74) is 11.0. The molecule has 0 heterocycles. The van der Waals surface area contributed by atoms with Crippen LogP contribution in [0.5, 0.6) is 0 Å². The maximum Gasteiger partial charge on any atom is 0.0594 e. The molecule has 0 atom stereocenters. The lowest BCUT2D eigenvalue weighted by Crippen LogP contribution is -2.45. The van der Waals surface area contributed by atoms with Crippen molar-refractivity contribution in [3.05, 3.63) is 0 Å². The normalized spacial score (nSPS) is 22.7. The van der Waals surface area contributed by atoms with Crippen LogP contribution in [-0.4, -0.2) is 23.8 Å². The van der Waals surface area contributed by atoms with E-state index in [0.717, 1.165) is 19.4 Å². The molecule has 0 aliphatic heterocycles. The van der Waals surface area contributed by atoms with Crippen molar-refractivity contribution in [3.8, 4) is 0 Å². The molecule has 0 aromatic rings. The van der Waals surface area contributed by atoms with Gasteiger partial charge in [0.05, 0.1) is 6.67 Å². The Kier molecular flexibility index (Phi) is 1.72. The van der Waals surface area contributed by atoms with Crippen LogP contribution in [0.3, 0.4) is 0 Å². The molecule has 1 aliphatic rings. The average Bonchev–Trinajstić information content (AvgIpc) is 2.48. The molecule has 4 heteroatoms. The fraction of sp³-hybridized carbons (Fsp3) is 1.00. The van der Waals surface area contributed by atoms with Crippen LogP contribution in [0, 0.1) is 0 Å². The fourth-order valence-electron chi connectivity index (χ4n) is 0.788. The molecule has 0 unspecified atom stereocenters. The van der Waals surface area contributed by atoms with E-state index in [1.54, 1.807) is 5.01 Å². The van der Waals surface area contributed by atoms with E-state index in [4.69, 9.17) is 17.3 Å². The Morgan fingerprint density at radius 2 is 2.00 bits per heavy atom. The molecule has 1 fully saturated rings. The van der Waals surface area contributed by atoms with Gasteiger partial charge in [-0.25, -0.2) is 5.01 Å². The summed E-state index contributed by atoms with van der Waals surface area (Å²) >= 11 is 0. The molecule has 6 N–H and O–H groups in total. The predicted molar refractivity (Wildman–Crippen MR) is 36.1 cm³/mol. The van der Waals surface area contributed by atoms with Crippen LogP contribution in [0.1, 0.15) is 12.8 Å². The van der Waals surface area contributed by atoms with Gasteiger partial charge in [-0.05, 0) is 12.8 Å². The summed E-state index contributed by atoms with van der Waals surface area (Å²) in [6, 6.07) is 0. The van der Waals surface area contributed by atoms with Crippen molar-refractivity contribution >= 4 is 0 Å². The van der Waals surface area contributed by atoms with Crippen molar-refractivity contribution < 1.29 is 0 Å². The third kappa shape index (κ3) is 1.91. The lowest BCUT2D eigenvalue weighted by atomic mass is 10.3. The third-order valence-corrected chi connectivity index (χ3v) is 1.64. The first-order valence-electron chi connectivity index (χ1n) is 3.15. The summed E-state index contributed by atoms with van der Waals surface area (Å²) in [6.07, 6.45) is 2.17. The molecular weight excluding hydrogens is 116 g/mol. The first kappa shape index (κ1) is 6.95. The quantitative estimate of drug-likeness (QED) is 0.248. The van der Waals surface area contributed by atoms with Gasteiger partial charge in [0.25, 0.3) is 0 Å². The van der Waals surface area contributed by atoms with Crippen molar-refractivity contribution in [2.45, 2.75) is 18.4 Å². The van der Waals surface area contributed by atoms with Gasteiger partial charge >= 0.3 is 0 Å². The molecule has 1 rings (SSSR count). The van der Waals surface area contributed by atoms with Gasteiger partial charge in [-0.3, -0.25) is 5.84 Å². The van der Waals surface area contributed by atoms with E-state index in [0.29, 0.717) is 6.67 Å². The molecule has 1 saturated carbocycles. The summed E-state index contributed by atoms with van der Waals surface area (Å²) in [7, 11) is 0. The highest BCUT2D eigenvalue weighted by Gasteiger charge is 2.38. The number of nitrogens with two attached hydrogens (primary N) is 3. The molecular formula is C5H14N4. The molecule has 9 heavy (non-hydrogen) atoms. The lowest BCUT2D eigenvalue weighted by molar-refractivity contribution is 0.265. The van der Waals surface area contributed by atoms with Crippen LogP contribution in [0.2, 0.25) is 0 Å². The molecule has 4 nitrogen and oxygen atoms in total. The van der Waals surface area contributed by atoms with E-state index >= 15 is 0 Å². The largest absolute Gasteiger partial charge is 0.324 e. The zero-order chi connectivity index (χ0) is 6.91. The van der Waals surface area contributed by atoms with Gasteiger partial charge in [0.15, 0.2) is 0 Å². The van der Waals surface area contributed by atoms with Gasteiger partial charge in [0.1, 0.15) is 0 Å². The minimum Gasteiger partial charge on any atom is -0.324 e. The Labute approximate surface area is 54.9 Å². The Morgan fingerprint density at radius 3 is 2.33 bits per heavy atom. The maximum atomic E-state index is 5.75. The van der Waals surface area contributed by atoms with Crippen LogP contribution in [0.15, 0.2) is 0 Å². The van der Waals surface area contributed by atoms with Crippen molar-refractivity contribution in [1.29, 1.82) is 0 Å². The smallest absolute Gasteiger partial charge is 0.0594 e. The predicted octanol–water partition coefficient (Wildman–Crippen LogP) is -1.43. The minimum absolute atomic E-state index is 0.00583. The van der Waals surface area contributed by atoms with Gasteiger partial charge < -0.3 is 11.5 Å². The van der Waals surface area contributed by atoms with Crippen molar-refractivity contribution in [3.63, 3.8) is 0 Å². The maximum absolute atomic E-state index is 5.75. The Balaban J connectivity index is 2.17. The number of hydrogen-bond acceptors (Lipinski definition) is 4. The topological polar surface area (TPSA) is 81.3 Å². The van der Waals surface area contributed by atoms with Crippen LogP contribution < -0.4 is 17.3 Å². The second-order valence-corrected chi connectivity index (χ2v) is 2.79. The lowest BCUT2D eigenvalue weighted by Gasteiger charge is -2.17. The van der Waals surface area contributed by atoms with E-state index in [1.165, 1.54) is 0 Å². The van der Waals surface area contributed by atoms with Crippen molar-refractivity contribution in [1.82, 2.24) is 5.01 Å². The van der Waals surface area contributed by atoms with Crippen LogP contribution in [-0.2, 0) is 0 Å². The molecule has 54 valence electrons. The van der Waals surface area contributed by atoms with Crippen molar-refractivity contribution in [2.24, 2.45) is 17.3 Å². The zero-order valence-corrected chi connectivity index (χ0v) is 5.51. The minimum atomic E-state index is -0.00583.